The predicted octanol–water partition coefficient (Wildman–Crippen LogP) is 2.03. The van der Waals surface area contributed by atoms with Gasteiger partial charge in [-0.3, -0.25) is 4.79 Å². The van der Waals surface area contributed by atoms with E-state index in [1.165, 1.54) is 19.2 Å². The number of halogens is 2. The number of carbonyl (C=O) groups is 2. The largest absolute Gasteiger partial charge is 0.480 e. The van der Waals surface area contributed by atoms with Crippen molar-refractivity contribution in [3.8, 4) is 0 Å². The monoisotopic (exact) mass is 260 g/mol. The molecule has 0 saturated heterocycles. The van der Waals surface area contributed by atoms with Gasteiger partial charge in [-0.2, -0.15) is 0 Å². The summed E-state index contributed by atoms with van der Waals surface area (Å²) in [7, 11) is 1.32. The van der Waals surface area contributed by atoms with Crippen molar-refractivity contribution in [3.63, 3.8) is 0 Å². The van der Waals surface area contributed by atoms with Crippen LogP contribution in [-0.2, 0) is 4.79 Å². The minimum Gasteiger partial charge on any atom is -0.480 e. The summed E-state index contributed by atoms with van der Waals surface area (Å²) in [4.78, 5) is 22.8. The van der Waals surface area contributed by atoms with Crippen LogP contribution in [0.25, 0.3) is 0 Å². The molecule has 1 rings (SSSR count). The highest BCUT2D eigenvalue weighted by Crippen LogP contribution is 2.18. The van der Waals surface area contributed by atoms with Gasteiger partial charge in [0.25, 0.3) is 0 Å². The van der Waals surface area contributed by atoms with Gasteiger partial charge in [0, 0.05) is 12.7 Å². The van der Waals surface area contributed by atoms with Crippen LogP contribution in [0.2, 0.25) is 5.02 Å². The van der Waals surface area contributed by atoms with Crippen molar-refractivity contribution in [2.75, 3.05) is 18.9 Å². The van der Waals surface area contributed by atoms with Crippen molar-refractivity contribution >= 4 is 29.3 Å². The fourth-order valence-electron chi connectivity index (χ4n) is 1.07. The minimum atomic E-state index is -1.13. The third kappa shape index (κ3) is 3.92. The Labute approximate surface area is 102 Å². The summed E-state index contributed by atoms with van der Waals surface area (Å²) in [6, 6.07) is 3.12. The maximum Gasteiger partial charge on any atom is 0.323 e. The van der Waals surface area contributed by atoms with Crippen molar-refractivity contribution < 1.29 is 19.1 Å². The molecule has 0 aliphatic carbocycles. The second-order valence-electron chi connectivity index (χ2n) is 3.31. The van der Waals surface area contributed by atoms with E-state index in [4.69, 9.17) is 16.7 Å². The molecule has 0 aromatic heterocycles. The summed E-state index contributed by atoms with van der Waals surface area (Å²) in [5, 5.41) is 10.8. The SMILES string of the molecule is CN(CC(=O)O)C(=O)Nc1ccc(Cl)c(F)c1. The normalized spacial score (nSPS) is 9.82. The van der Waals surface area contributed by atoms with E-state index in [1.54, 1.807) is 0 Å². The maximum absolute atomic E-state index is 13.0. The first-order valence-electron chi connectivity index (χ1n) is 4.59. The van der Waals surface area contributed by atoms with E-state index < -0.39 is 24.4 Å². The maximum atomic E-state index is 13.0. The molecule has 0 spiro atoms. The van der Waals surface area contributed by atoms with Crippen LogP contribution in [-0.4, -0.2) is 35.6 Å². The highest BCUT2D eigenvalue weighted by molar-refractivity contribution is 6.30. The molecule has 0 aliphatic heterocycles. The molecule has 2 N–H and O–H groups in total. The molecule has 1 aromatic rings. The zero-order valence-electron chi connectivity index (χ0n) is 8.91. The van der Waals surface area contributed by atoms with Gasteiger partial charge in [0.1, 0.15) is 12.4 Å². The molecule has 92 valence electrons. The van der Waals surface area contributed by atoms with E-state index in [2.05, 4.69) is 5.32 Å². The van der Waals surface area contributed by atoms with E-state index in [0.717, 1.165) is 11.0 Å². The standard InChI is InChI=1S/C10H10ClFN2O3/c1-14(5-9(15)16)10(17)13-6-2-3-7(11)8(12)4-6/h2-4H,5H2,1H3,(H,13,17)(H,15,16). The number of nitrogens with zero attached hydrogens (tertiary/aromatic N) is 1. The van der Waals surface area contributed by atoms with Crippen LogP contribution in [0.4, 0.5) is 14.9 Å². The number of likely N-dealkylation sites (N-methyl/N-ethyl adjacent to an activating group) is 1. The molecule has 0 unspecified atom stereocenters. The fraction of sp³-hybridized carbons (Fsp3) is 0.200. The van der Waals surface area contributed by atoms with E-state index >= 15 is 0 Å². The highest BCUT2D eigenvalue weighted by Gasteiger charge is 2.12. The zero-order chi connectivity index (χ0) is 13.0. The summed E-state index contributed by atoms with van der Waals surface area (Å²) in [5.74, 6) is -1.80. The Morgan fingerprint density at radius 3 is 2.71 bits per heavy atom. The predicted molar refractivity (Wildman–Crippen MR) is 60.7 cm³/mol. The van der Waals surface area contributed by atoms with Gasteiger partial charge in [0.2, 0.25) is 0 Å². The number of benzene rings is 1. The lowest BCUT2D eigenvalue weighted by molar-refractivity contribution is -0.137. The minimum absolute atomic E-state index is 0.0538. The molecule has 0 saturated carbocycles. The van der Waals surface area contributed by atoms with E-state index in [9.17, 15) is 14.0 Å². The lowest BCUT2D eigenvalue weighted by Gasteiger charge is -2.15. The van der Waals surface area contributed by atoms with Gasteiger partial charge in [-0.1, -0.05) is 11.6 Å². The number of aliphatic carboxylic acids is 1. The van der Waals surface area contributed by atoms with Gasteiger partial charge in [-0.05, 0) is 18.2 Å². The van der Waals surface area contributed by atoms with Crippen molar-refractivity contribution in [1.82, 2.24) is 4.90 Å². The lowest BCUT2D eigenvalue weighted by Crippen LogP contribution is -2.35. The number of nitrogens with one attached hydrogen (secondary N) is 1. The van der Waals surface area contributed by atoms with Gasteiger partial charge in [0.05, 0.1) is 5.02 Å². The third-order valence-corrected chi connectivity index (χ3v) is 2.20. The number of anilines is 1. The number of hydrogen-bond donors (Lipinski definition) is 2. The molecule has 7 heteroatoms. The number of urea groups is 1. The van der Waals surface area contributed by atoms with Crippen LogP contribution in [0.5, 0.6) is 0 Å². The molecule has 0 aliphatic rings. The average Bonchev–Trinajstić information content (AvgIpc) is 2.22. The topological polar surface area (TPSA) is 69.6 Å². The molecule has 1 aromatic carbocycles. The van der Waals surface area contributed by atoms with Gasteiger partial charge < -0.3 is 15.3 Å². The summed E-state index contributed by atoms with van der Waals surface area (Å²) in [5.41, 5.74) is 0.203. The van der Waals surface area contributed by atoms with Gasteiger partial charge >= 0.3 is 12.0 Å². The van der Waals surface area contributed by atoms with Gasteiger partial charge in [0.15, 0.2) is 0 Å². The Morgan fingerprint density at radius 2 is 2.18 bits per heavy atom. The van der Waals surface area contributed by atoms with Crippen LogP contribution in [0.1, 0.15) is 0 Å². The summed E-state index contributed by atoms with van der Waals surface area (Å²) < 4.78 is 13.0. The van der Waals surface area contributed by atoms with Crippen LogP contribution in [0, 0.1) is 5.82 Å². The van der Waals surface area contributed by atoms with Crippen LogP contribution in [0.3, 0.4) is 0 Å². The smallest absolute Gasteiger partial charge is 0.323 e. The summed E-state index contributed by atoms with van der Waals surface area (Å²) in [6.45, 7) is -0.443. The fourth-order valence-corrected chi connectivity index (χ4v) is 1.19. The quantitative estimate of drug-likeness (QED) is 0.874. The molecule has 0 atom stereocenters. The van der Waals surface area contributed by atoms with Gasteiger partial charge in [-0.25, -0.2) is 9.18 Å². The first-order chi connectivity index (χ1) is 7.90. The Morgan fingerprint density at radius 1 is 1.53 bits per heavy atom. The number of hydrogen-bond acceptors (Lipinski definition) is 2. The molecule has 0 radical (unpaired) electrons. The molecular weight excluding hydrogens is 251 g/mol. The molecule has 0 heterocycles. The van der Waals surface area contributed by atoms with Crippen LogP contribution < -0.4 is 5.32 Å². The second kappa shape index (κ2) is 5.49. The van der Waals surface area contributed by atoms with Crippen molar-refractivity contribution in [3.05, 3.63) is 29.0 Å². The van der Waals surface area contributed by atoms with Crippen LogP contribution >= 0.6 is 11.6 Å². The first-order valence-corrected chi connectivity index (χ1v) is 4.97. The number of carbonyl (C=O) groups excluding carboxylic acids is 1. The molecule has 2 amide bonds. The van der Waals surface area contributed by atoms with Gasteiger partial charge in [-0.15, -0.1) is 0 Å². The van der Waals surface area contributed by atoms with E-state index in [-0.39, 0.29) is 10.7 Å². The van der Waals surface area contributed by atoms with E-state index in [0.29, 0.717) is 0 Å². The highest BCUT2D eigenvalue weighted by atomic mass is 35.5. The molecular formula is C10H10ClFN2O3. The van der Waals surface area contributed by atoms with Crippen molar-refractivity contribution in [2.45, 2.75) is 0 Å². The molecule has 0 bridgehead atoms. The number of amides is 2. The second-order valence-corrected chi connectivity index (χ2v) is 3.72. The summed E-state index contributed by atoms with van der Waals surface area (Å²) in [6.07, 6.45) is 0. The number of rotatable bonds is 3. The Bertz CT molecular complexity index is 453. The van der Waals surface area contributed by atoms with Crippen LogP contribution in [0.15, 0.2) is 18.2 Å². The molecule has 5 nitrogen and oxygen atoms in total. The number of carboxylic acid groups (broad SMARTS) is 1. The third-order valence-electron chi connectivity index (χ3n) is 1.89. The zero-order valence-corrected chi connectivity index (χ0v) is 9.66. The number of carboxylic acids is 1. The van der Waals surface area contributed by atoms with Crippen molar-refractivity contribution in [1.29, 1.82) is 0 Å². The lowest BCUT2D eigenvalue weighted by atomic mass is 10.3. The molecule has 0 fully saturated rings. The Kier molecular flexibility index (Phi) is 4.28. The van der Waals surface area contributed by atoms with E-state index in [1.807, 2.05) is 0 Å². The Balaban J connectivity index is 2.67. The molecule has 17 heavy (non-hydrogen) atoms. The average molecular weight is 261 g/mol. The summed E-state index contributed by atoms with van der Waals surface area (Å²) >= 11 is 5.47. The Hall–Kier alpha value is -1.82. The first kappa shape index (κ1) is 13.2. The van der Waals surface area contributed by atoms with Crippen molar-refractivity contribution in [2.24, 2.45) is 0 Å².